The van der Waals surface area contributed by atoms with Gasteiger partial charge in [-0.2, -0.15) is 0 Å². The van der Waals surface area contributed by atoms with Crippen LogP contribution in [0.25, 0.3) is 11.0 Å². The minimum absolute atomic E-state index is 0.0612. The van der Waals surface area contributed by atoms with Gasteiger partial charge in [0.25, 0.3) is 0 Å². The quantitative estimate of drug-likeness (QED) is 0.588. The number of ether oxygens (including phenoxy) is 2. The monoisotopic (exact) mass is 344 g/mol. The van der Waals surface area contributed by atoms with Gasteiger partial charge in [0.2, 0.25) is 5.75 Å². The van der Waals surface area contributed by atoms with Crippen LogP contribution in [-0.2, 0) is 0 Å². The largest absolute Gasteiger partial charge is 0.499 e. The van der Waals surface area contributed by atoms with E-state index in [1.165, 1.54) is 18.3 Å². The van der Waals surface area contributed by atoms with Crippen LogP contribution in [0.2, 0.25) is 0 Å². The van der Waals surface area contributed by atoms with Gasteiger partial charge >= 0.3 is 5.63 Å². The van der Waals surface area contributed by atoms with Gasteiger partial charge < -0.3 is 19.0 Å². The van der Waals surface area contributed by atoms with Crippen molar-refractivity contribution < 1.29 is 19.0 Å². The van der Waals surface area contributed by atoms with Crippen LogP contribution in [0, 0.1) is 0 Å². The van der Waals surface area contributed by atoms with Crippen molar-refractivity contribution in [2.24, 2.45) is 0 Å². The third kappa shape index (κ3) is 4.66. The molecule has 0 bridgehead atoms. The van der Waals surface area contributed by atoms with Crippen LogP contribution >= 0.6 is 0 Å². The number of hydrogen-bond donors (Lipinski definition) is 1. The highest BCUT2D eigenvalue weighted by Crippen LogP contribution is 2.37. The van der Waals surface area contributed by atoms with E-state index in [1.54, 1.807) is 18.2 Å². The van der Waals surface area contributed by atoms with Crippen LogP contribution in [0.3, 0.4) is 0 Å². The highest BCUT2D eigenvalue weighted by atomic mass is 16.5. The summed E-state index contributed by atoms with van der Waals surface area (Å²) < 4.78 is 16.1. The first-order valence-corrected chi connectivity index (χ1v) is 8.18. The average molecular weight is 344 g/mol. The van der Waals surface area contributed by atoms with E-state index in [4.69, 9.17) is 13.9 Å². The lowest BCUT2D eigenvalue weighted by molar-refractivity contribution is 0.346. The Kier molecular flexibility index (Phi) is 6.28. The molecule has 1 heterocycles. The van der Waals surface area contributed by atoms with Crippen molar-refractivity contribution in [1.82, 2.24) is 0 Å². The summed E-state index contributed by atoms with van der Waals surface area (Å²) in [6, 6.07) is 5.10. The molecule has 0 aliphatic rings. The Bertz CT molecular complexity index is 854. The van der Waals surface area contributed by atoms with E-state index in [0.717, 1.165) is 12.8 Å². The summed E-state index contributed by atoms with van der Waals surface area (Å²) in [5, 5.41) is 10.3. The second kappa shape index (κ2) is 8.42. The topological polar surface area (TPSA) is 68.9 Å². The van der Waals surface area contributed by atoms with E-state index in [0.29, 0.717) is 23.3 Å². The van der Waals surface area contributed by atoms with Crippen molar-refractivity contribution in [2.75, 3.05) is 13.7 Å². The van der Waals surface area contributed by atoms with Crippen LogP contribution < -0.4 is 15.1 Å². The lowest BCUT2D eigenvalue weighted by atomic mass is 10.1. The van der Waals surface area contributed by atoms with Crippen LogP contribution in [0.15, 0.2) is 50.7 Å². The zero-order valence-corrected chi connectivity index (χ0v) is 15.1. The van der Waals surface area contributed by atoms with E-state index in [9.17, 15) is 9.90 Å². The molecule has 1 aromatic heterocycles. The number of hydrogen-bond acceptors (Lipinski definition) is 5. The fourth-order valence-corrected chi connectivity index (χ4v) is 2.46. The van der Waals surface area contributed by atoms with Gasteiger partial charge in [0, 0.05) is 0 Å². The molecule has 0 atom stereocenters. The Balaban J connectivity index is 2.20. The molecule has 25 heavy (non-hydrogen) atoms. The van der Waals surface area contributed by atoms with Gasteiger partial charge in [0.15, 0.2) is 5.75 Å². The van der Waals surface area contributed by atoms with Crippen LogP contribution in [0.5, 0.6) is 17.2 Å². The highest BCUT2D eigenvalue weighted by molar-refractivity contribution is 5.91. The fraction of sp³-hybridized carbons (Fsp3) is 0.350. The molecule has 0 spiro atoms. The van der Waals surface area contributed by atoms with Crippen LogP contribution in [0.1, 0.15) is 33.6 Å². The summed E-state index contributed by atoms with van der Waals surface area (Å²) in [7, 11) is 1.39. The smallest absolute Gasteiger partial charge is 0.382 e. The number of methoxy groups -OCH3 is 1. The standard InChI is InChI=1S/C20H24O5/c1-13(2)7-5-8-14(3)11-12-24-15-9-6-10-16-17(15)19(23-4)18(21)20(22)25-16/h6-7,9-11,21H,5,8,12H2,1-4H3/b14-11+. The third-order valence-corrected chi connectivity index (χ3v) is 3.79. The second-order valence-corrected chi connectivity index (χ2v) is 6.08. The van der Waals surface area contributed by atoms with Gasteiger partial charge in [0.1, 0.15) is 23.3 Å². The SMILES string of the molecule is COc1c(O)c(=O)oc2cccc(OC/C=C(\C)CCC=C(C)C)c12. The molecule has 0 radical (unpaired) electrons. The Hall–Kier alpha value is -2.69. The number of rotatable bonds is 7. The van der Waals surface area contributed by atoms with Gasteiger partial charge in [0.05, 0.1) is 7.11 Å². The molecule has 134 valence electrons. The molecule has 0 aliphatic heterocycles. The van der Waals surface area contributed by atoms with Gasteiger partial charge in [-0.25, -0.2) is 4.79 Å². The first-order chi connectivity index (χ1) is 11.9. The first-order valence-electron chi connectivity index (χ1n) is 8.18. The molecule has 0 aliphatic carbocycles. The predicted molar refractivity (Wildman–Crippen MR) is 98.6 cm³/mol. The van der Waals surface area contributed by atoms with Gasteiger partial charge in [-0.3, -0.25) is 0 Å². The molecule has 0 saturated heterocycles. The van der Waals surface area contributed by atoms with Crippen LogP contribution in [0.4, 0.5) is 0 Å². The fourth-order valence-electron chi connectivity index (χ4n) is 2.46. The van der Waals surface area contributed by atoms with E-state index in [1.807, 2.05) is 6.08 Å². The van der Waals surface area contributed by atoms with E-state index < -0.39 is 11.4 Å². The van der Waals surface area contributed by atoms with Crippen LogP contribution in [-0.4, -0.2) is 18.8 Å². The number of aromatic hydroxyl groups is 1. The highest BCUT2D eigenvalue weighted by Gasteiger charge is 2.18. The molecule has 1 aromatic carbocycles. The van der Waals surface area contributed by atoms with Crippen molar-refractivity contribution in [3.63, 3.8) is 0 Å². The number of allylic oxidation sites excluding steroid dienone is 3. The molecular weight excluding hydrogens is 320 g/mol. The van der Waals surface area contributed by atoms with Crippen molar-refractivity contribution in [3.8, 4) is 17.2 Å². The molecule has 0 saturated carbocycles. The summed E-state index contributed by atoms with van der Waals surface area (Å²) in [6.45, 7) is 6.62. The third-order valence-electron chi connectivity index (χ3n) is 3.79. The molecule has 2 aromatic rings. The second-order valence-electron chi connectivity index (χ2n) is 6.08. The summed E-state index contributed by atoms with van der Waals surface area (Å²) in [6.07, 6.45) is 6.20. The Morgan fingerprint density at radius 1 is 1.24 bits per heavy atom. The van der Waals surface area contributed by atoms with E-state index >= 15 is 0 Å². The lowest BCUT2D eigenvalue weighted by Gasteiger charge is -2.11. The zero-order valence-electron chi connectivity index (χ0n) is 15.1. The van der Waals surface area contributed by atoms with Gasteiger partial charge in [-0.1, -0.05) is 23.3 Å². The molecule has 1 N–H and O–H groups in total. The minimum Gasteiger partial charge on any atom is -0.499 e. The van der Waals surface area contributed by atoms with Crippen molar-refractivity contribution in [3.05, 3.63) is 51.9 Å². The molecule has 5 heteroatoms. The van der Waals surface area contributed by atoms with Crippen molar-refractivity contribution in [2.45, 2.75) is 33.6 Å². The van der Waals surface area contributed by atoms with Gasteiger partial charge in [-0.15, -0.1) is 0 Å². The Labute approximate surface area is 147 Å². The molecule has 5 nitrogen and oxygen atoms in total. The maximum absolute atomic E-state index is 11.6. The van der Waals surface area contributed by atoms with Gasteiger partial charge in [-0.05, 0) is 51.8 Å². The minimum atomic E-state index is -0.837. The summed E-state index contributed by atoms with van der Waals surface area (Å²) in [5.41, 5.74) is 2.02. The maximum atomic E-state index is 11.6. The first kappa shape index (κ1) is 18.6. The Morgan fingerprint density at radius 3 is 2.68 bits per heavy atom. The number of fused-ring (bicyclic) bond motifs is 1. The molecule has 0 amide bonds. The van der Waals surface area contributed by atoms with Crippen molar-refractivity contribution in [1.29, 1.82) is 0 Å². The molecular formula is C20H24O5. The number of benzene rings is 1. The average Bonchev–Trinajstić information content (AvgIpc) is 2.56. The summed E-state index contributed by atoms with van der Waals surface area (Å²) in [5.74, 6) is -0.00708. The Morgan fingerprint density at radius 2 is 2.00 bits per heavy atom. The lowest BCUT2D eigenvalue weighted by Crippen LogP contribution is -2.03. The molecule has 0 fully saturated rings. The van der Waals surface area contributed by atoms with E-state index in [-0.39, 0.29) is 5.75 Å². The summed E-state index contributed by atoms with van der Waals surface area (Å²) in [4.78, 5) is 11.6. The molecule has 0 unspecified atom stereocenters. The zero-order chi connectivity index (χ0) is 18.4. The normalized spacial score (nSPS) is 11.4. The maximum Gasteiger partial charge on any atom is 0.382 e. The van der Waals surface area contributed by atoms with Crippen molar-refractivity contribution >= 4 is 11.0 Å². The van der Waals surface area contributed by atoms with E-state index in [2.05, 4.69) is 26.8 Å². The predicted octanol–water partition coefficient (Wildman–Crippen LogP) is 4.58. The summed E-state index contributed by atoms with van der Waals surface area (Å²) >= 11 is 0. The molecule has 2 rings (SSSR count).